The van der Waals surface area contributed by atoms with Crippen LogP contribution >= 0.6 is 0 Å². The highest BCUT2D eigenvalue weighted by Gasteiger charge is 2.23. The largest absolute Gasteiger partial charge is 0.367 e. The molecule has 0 saturated carbocycles. The molecule has 1 saturated heterocycles. The van der Waals surface area contributed by atoms with Crippen LogP contribution in [0.3, 0.4) is 0 Å². The summed E-state index contributed by atoms with van der Waals surface area (Å²) in [5.41, 5.74) is 2.60. The minimum Gasteiger partial charge on any atom is -0.367 e. The number of pyridine rings is 1. The monoisotopic (exact) mass is 409 g/mol. The molecule has 1 unspecified atom stereocenters. The molecule has 1 aliphatic rings. The normalized spacial score (nSPS) is 17.4. The summed E-state index contributed by atoms with van der Waals surface area (Å²) in [4.78, 5) is 6.48. The first kappa shape index (κ1) is 20.1. The molecule has 8 heteroatoms. The number of hydrogen-bond acceptors (Lipinski definition) is 4. The summed E-state index contributed by atoms with van der Waals surface area (Å²) in [7, 11) is 1.77. The van der Waals surface area contributed by atoms with E-state index < -0.39 is 0 Å². The molecule has 0 radical (unpaired) electrons. The lowest BCUT2D eigenvalue weighted by Gasteiger charge is -2.35. The molecule has 0 bridgehead atoms. The molecule has 30 heavy (non-hydrogen) atoms. The van der Waals surface area contributed by atoms with Crippen LogP contribution in [0.25, 0.3) is 5.65 Å². The van der Waals surface area contributed by atoms with E-state index in [0.717, 1.165) is 55.3 Å². The average molecular weight is 410 g/mol. The van der Waals surface area contributed by atoms with Crippen LogP contribution in [0.4, 0.5) is 10.1 Å². The van der Waals surface area contributed by atoms with E-state index in [4.69, 9.17) is 0 Å². The molecule has 1 atom stereocenters. The number of hydrogen-bond donors (Lipinski definition) is 2. The molecule has 2 N–H and O–H groups in total. The van der Waals surface area contributed by atoms with Gasteiger partial charge in [-0.2, -0.15) is 0 Å². The third kappa shape index (κ3) is 4.53. The van der Waals surface area contributed by atoms with Gasteiger partial charge in [0.1, 0.15) is 11.6 Å². The Hall–Kier alpha value is -3.16. The van der Waals surface area contributed by atoms with Crippen molar-refractivity contribution in [1.82, 2.24) is 25.2 Å². The maximum absolute atomic E-state index is 14.3. The van der Waals surface area contributed by atoms with Gasteiger partial charge in [0.25, 0.3) is 0 Å². The smallest absolute Gasteiger partial charge is 0.191 e. The van der Waals surface area contributed by atoms with E-state index in [-0.39, 0.29) is 11.9 Å². The van der Waals surface area contributed by atoms with Crippen molar-refractivity contribution in [3.8, 4) is 0 Å². The number of aromatic nitrogens is 3. The van der Waals surface area contributed by atoms with Crippen LogP contribution in [-0.2, 0) is 6.42 Å². The van der Waals surface area contributed by atoms with Crippen LogP contribution in [0.5, 0.6) is 0 Å². The number of anilines is 1. The molecule has 0 aliphatic carbocycles. The second-order valence-corrected chi connectivity index (χ2v) is 7.68. The number of piperidine rings is 1. The zero-order chi connectivity index (χ0) is 20.9. The van der Waals surface area contributed by atoms with Crippen LogP contribution in [0, 0.1) is 12.7 Å². The fourth-order valence-corrected chi connectivity index (χ4v) is 3.92. The number of nitrogens with zero attached hydrogens (tertiary/aromatic N) is 5. The van der Waals surface area contributed by atoms with Crippen LogP contribution in [0.2, 0.25) is 0 Å². The van der Waals surface area contributed by atoms with Crippen molar-refractivity contribution in [1.29, 1.82) is 0 Å². The van der Waals surface area contributed by atoms with Crippen LogP contribution in [-0.4, -0.2) is 53.3 Å². The minimum absolute atomic E-state index is 0.163. The Kier molecular flexibility index (Phi) is 6.11. The van der Waals surface area contributed by atoms with Crippen LogP contribution < -0.4 is 15.5 Å². The van der Waals surface area contributed by atoms with Gasteiger partial charge >= 0.3 is 0 Å². The maximum atomic E-state index is 14.3. The topological polar surface area (TPSA) is 69.8 Å². The molecular formula is C22H28FN7. The summed E-state index contributed by atoms with van der Waals surface area (Å²) >= 11 is 0. The SMILES string of the molecule is CN=C(NCCc1nnc2ccccn12)NC1CCCN(c2cc(C)ccc2F)C1. The lowest BCUT2D eigenvalue weighted by atomic mass is 10.0. The lowest BCUT2D eigenvalue weighted by Crippen LogP contribution is -2.51. The third-order valence-electron chi connectivity index (χ3n) is 5.45. The zero-order valence-corrected chi connectivity index (χ0v) is 17.5. The van der Waals surface area contributed by atoms with E-state index in [1.807, 2.05) is 47.9 Å². The Balaban J connectivity index is 1.32. The summed E-state index contributed by atoms with van der Waals surface area (Å²) in [6.07, 6.45) is 4.74. The molecule has 1 fully saturated rings. The van der Waals surface area contributed by atoms with E-state index in [9.17, 15) is 4.39 Å². The predicted molar refractivity (Wildman–Crippen MR) is 118 cm³/mol. The van der Waals surface area contributed by atoms with Gasteiger partial charge in [0.15, 0.2) is 11.6 Å². The van der Waals surface area contributed by atoms with Gasteiger partial charge in [-0.3, -0.25) is 9.39 Å². The van der Waals surface area contributed by atoms with E-state index >= 15 is 0 Å². The molecule has 158 valence electrons. The van der Waals surface area contributed by atoms with E-state index in [0.29, 0.717) is 12.2 Å². The number of halogens is 1. The van der Waals surface area contributed by atoms with Gasteiger partial charge in [-0.25, -0.2) is 4.39 Å². The number of aliphatic imine (C=N–C) groups is 1. The zero-order valence-electron chi connectivity index (χ0n) is 17.5. The Bertz CT molecular complexity index is 1030. The quantitative estimate of drug-likeness (QED) is 0.501. The van der Waals surface area contributed by atoms with Gasteiger partial charge in [-0.1, -0.05) is 12.1 Å². The molecule has 3 heterocycles. The maximum Gasteiger partial charge on any atom is 0.191 e. The van der Waals surface area contributed by atoms with Crippen molar-refractivity contribution in [3.05, 3.63) is 59.8 Å². The van der Waals surface area contributed by atoms with Gasteiger partial charge < -0.3 is 15.5 Å². The fraction of sp³-hybridized carbons (Fsp3) is 0.409. The van der Waals surface area contributed by atoms with Crippen molar-refractivity contribution in [2.45, 2.75) is 32.2 Å². The Morgan fingerprint density at radius 1 is 1.27 bits per heavy atom. The average Bonchev–Trinajstić information content (AvgIpc) is 3.18. The Morgan fingerprint density at radius 3 is 3.03 bits per heavy atom. The molecule has 0 spiro atoms. The summed E-state index contributed by atoms with van der Waals surface area (Å²) in [6, 6.07) is 11.4. The van der Waals surface area contributed by atoms with E-state index in [1.54, 1.807) is 13.1 Å². The number of rotatable bonds is 5. The Morgan fingerprint density at radius 2 is 2.17 bits per heavy atom. The lowest BCUT2D eigenvalue weighted by molar-refractivity contribution is 0.463. The number of guanidine groups is 1. The number of fused-ring (bicyclic) bond motifs is 1. The second-order valence-electron chi connectivity index (χ2n) is 7.68. The van der Waals surface area contributed by atoms with Crippen molar-refractivity contribution in [2.24, 2.45) is 4.99 Å². The van der Waals surface area contributed by atoms with E-state index in [1.165, 1.54) is 0 Å². The first-order valence-electron chi connectivity index (χ1n) is 10.4. The van der Waals surface area contributed by atoms with Gasteiger partial charge in [0, 0.05) is 45.3 Å². The first-order chi connectivity index (χ1) is 14.6. The number of benzene rings is 1. The molecule has 3 aromatic rings. The first-order valence-corrected chi connectivity index (χ1v) is 10.4. The van der Waals surface area contributed by atoms with Gasteiger partial charge in [-0.15, -0.1) is 10.2 Å². The summed E-state index contributed by atoms with van der Waals surface area (Å²) in [5.74, 6) is 1.50. The number of nitrogens with one attached hydrogen (secondary N) is 2. The highest BCUT2D eigenvalue weighted by atomic mass is 19.1. The van der Waals surface area contributed by atoms with Crippen molar-refractivity contribution in [3.63, 3.8) is 0 Å². The number of aryl methyl sites for hydroxylation is 1. The van der Waals surface area contributed by atoms with Crippen LogP contribution in [0.15, 0.2) is 47.6 Å². The van der Waals surface area contributed by atoms with E-state index in [2.05, 4.69) is 30.7 Å². The van der Waals surface area contributed by atoms with Crippen molar-refractivity contribution >= 4 is 17.3 Å². The molecule has 1 aliphatic heterocycles. The molecule has 2 aromatic heterocycles. The van der Waals surface area contributed by atoms with Crippen LogP contribution in [0.1, 0.15) is 24.2 Å². The highest BCUT2D eigenvalue weighted by Crippen LogP contribution is 2.24. The second kappa shape index (κ2) is 9.11. The molecule has 1 aromatic carbocycles. The van der Waals surface area contributed by atoms with Crippen molar-refractivity contribution < 1.29 is 4.39 Å². The van der Waals surface area contributed by atoms with Crippen molar-refractivity contribution in [2.75, 3.05) is 31.6 Å². The fourth-order valence-electron chi connectivity index (χ4n) is 3.92. The molecular weight excluding hydrogens is 381 g/mol. The molecule has 7 nitrogen and oxygen atoms in total. The minimum atomic E-state index is -0.163. The predicted octanol–water partition coefficient (Wildman–Crippen LogP) is 2.55. The third-order valence-corrected chi connectivity index (χ3v) is 5.45. The highest BCUT2D eigenvalue weighted by molar-refractivity contribution is 5.80. The van der Waals surface area contributed by atoms with Gasteiger partial charge in [0.2, 0.25) is 0 Å². The summed E-state index contributed by atoms with van der Waals surface area (Å²) < 4.78 is 16.3. The standard InChI is InChI=1S/C22H28FN7/c1-16-8-9-18(23)19(14-16)29-12-5-6-17(15-29)26-22(24-2)25-11-10-21-28-27-20-7-3-4-13-30(20)21/h3-4,7-9,13-14,17H,5-6,10-12,15H2,1-2H3,(H2,24,25,26). The Labute approximate surface area is 176 Å². The molecule has 0 amide bonds. The van der Waals surface area contributed by atoms with Gasteiger partial charge in [-0.05, 0) is 49.6 Å². The molecule has 4 rings (SSSR count). The summed E-state index contributed by atoms with van der Waals surface area (Å²) in [5, 5.41) is 15.3. The summed E-state index contributed by atoms with van der Waals surface area (Å²) in [6.45, 7) is 4.30. The van der Waals surface area contributed by atoms with Gasteiger partial charge in [0.05, 0.1) is 5.69 Å².